The Morgan fingerprint density at radius 1 is 1.04 bits per heavy atom. The van der Waals surface area contributed by atoms with Gasteiger partial charge in [-0.3, -0.25) is 9.69 Å². The number of hydrogen-bond donors (Lipinski definition) is 1. The molecule has 1 saturated heterocycles. The van der Waals surface area contributed by atoms with E-state index in [9.17, 15) is 13.2 Å². The first-order chi connectivity index (χ1) is 13.2. The summed E-state index contributed by atoms with van der Waals surface area (Å²) in [4.78, 5) is 14.6. The number of amides is 1. The topological polar surface area (TPSA) is 69.7 Å². The fourth-order valence-corrected chi connectivity index (χ4v) is 5.37. The molecule has 1 aromatic carbocycles. The monoisotopic (exact) mass is 407 g/mol. The number of benzene rings is 1. The summed E-state index contributed by atoms with van der Waals surface area (Å²) < 4.78 is 27.4. The molecular weight excluding hydrogens is 374 g/mol. The van der Waals surface area contributed by atoms with Gasteiger partial charge in [-0.15, -0.1) is 0 Å². The van der Waals surface area contributed by atoms with E-state index >= 15 is 0 Å². The predicted octanol–water partition coefficient (Wildman–Crippen LogP) is 2.35. The summed E-state index contributed by atoms with van der Waals surface area (Å²) in [5, 5.41) is 3.10. The summed E-state index contributed by atoms with van der Waals surface area (Å²) in [6.07, 6.45) is 4.54. The van der Waals surface area contributed by atoms with Crippen molar-refractivity contribution in [3.63, 3.8) is 0 Å². The number of rotatable bonds is 5. The lowest BCUT2D eigenvalue weighted by Crippen LogP contribution is -2.51. The highest BCUT2D eigenvalue weighted by Crippen LogP contribution is 2.25. The van der Waals surface area contributed by atoms with Crippen LogP contribution in [-0.2, 0) is 20.2 Å². The van der Waals surface area contributed by atoms with E-state index in [0.29, 0.717) is 43.7 Å². The normalized spacial score (nSPS) is 20.4. The molecular formula is C21H33N3O3S. The lowest BCUT2D eigenvalue weighted by molar-refractivity contribution is -0.123. The smallest absolute Gasteiger partial charge is 0.243 e. The van der Waals surface area contributed by atoms with Crippen molar-refractivity contribution in [2.75, 3.05) is 32.7 Å². The quantitative estimate of drug-likeness (QED) is 0.813. The van der Waals surface area contributed by atoms with Crippen molar-refractivity contribution in [1.82, 2.24) is 14.5 Å². The Labute approximate surface area is 169 Å². The molecule has 2 aliphatic rings. The molecule has 1 heterocycles. The molecule has 1 aliphatic heterocycles. The van der Waals surface area contributed by atoms with Crippen LogP contribution in [-0.4, -0.2) is 62.3 Å². The summed E-state index contributed by atoms with van der Waals surface area (Å²) in [5.41, 5.74) is 1.11. The Kier molecular flexibility index (Phi) is 6.47. The number of piperazine rings is 1. The zero-order valence-electron chi connectivity index (χ0n) is 17.3. The van der Waals surface area contributed by atoms with Crippen LogP contribution in [0.25, 0.3) is 0 Å². The van der Waals surface area contributed by atoms with Gasteiger partial charge in [-0.05, 0) is 36.0 Å². The lowest BCUT2D eigenvalue weighted by Gasteiger charge is -2.33. The van der Waals surface area contributed by atoms with Crippen molar-refractivity contribution in [1.29, 1.82) is 0 Å². The van der Waals surface area contributed by atoms with Crippen LogP contribution in [0.3, 0.4) is 0 Å². The maximum absolute atomic E-state index is 12.9. The molecule has 0 radical (unpaired) electrons. The van der Waals surface area contributed by atoms with Gasteiger partial charge in [0.2, 0.25) is 15.9 Å². The second kappa shape index (κ2) is 8.51. The van der Waals surface area contributed by atoms with Gasteiger partial charge in [0.25, 0.3) is 0 Å². The maximum Gasteiger partial charge on any atom is 0.243 e. The molecule has 0 atom stereocenters. The van der Waals surface area contributed by atoms with Crippen molar-refractivity contribution >= 4 is 15.9 Å². The Bertz CT molecular complexity index is 770. The molecule has 28 heavy (non-hydrogen) atoms. The molecule has 3 rings (SSSR count). The number of nitrogens with one attached hydrogen (secondary N) is 1. The standard InChI is InChI=1S/C21H33N3O3S/c1-21(2,3)17-8-10-19(11-9-17)28(26,27)24-14-12-23(13-15-24)16-20(25)22-18-6-4-5-7-18/h8-11,18H,4-7,12-16H2,1-3H3,(H,22,25). The predicted molar refractivity (Wildman–Crippen MR) is 111 cm³/mol. The summed E-state index contributed by atoms with van der Waals surface area (Å²) in [7, 11) is -3.49. The Morgan fingerprint density at radius 2 is 1.61 bits per heavy atom. The average molecular weight is 408 g/mol. The van der Waals surface area contributed by atoms with Gasteiger partial charge < -0.3 is 5.32 Å². The second-order valence-electron chi connectivity index (χ2n) is 9.00. The third-order valence-corrected chi connectivity index (χ3v) is 7.69. The number of carbonyl (C=O) groups is 1. The van der Waals surface area contributed by atoms with E-state index in [4.69, 9.17) is 0 Å². The lowest BCUT2D eigenvalue weighted by atomic mass is 9.87. The third-order valence-electron chi connectivity index (χ3n) is 5.78. The van der Waals surface area contributed by atoms with Gasteiger partial charge in [0.15, 0.2) is 0 Å². The number of sulfonamides is 1. The molecule has 0 spiro atoms. The average Bonchev–Trinajstić information content (AvgIpc) is 3.14. The molecule has 0 unspecified atom stereocenters. The summed E-state index contributed by atoms with van der Waals surface area (Å²) >= 11 is 0. The molecule has 7 heteroatoms. The van der Waals surface area contributed by atoms with Crippen LogP contribution in [0.4, 0.5) is 0 Å². The fourth-order valence-electron chi connectivity index (χ4n) is 3.95. The van der Waals surface area contributed by atoms with Gasteiger partial charge in [0.1, 0.15) is 0 Å². The Balaban J connectivity index is 1.54. The molecule has 1 amide bonds. The Hall–Kier alpha value is -1.44. The second-order valence-corrected chi connectivity index (χ2v) is 10.9. The van der Waals surface area contributed by atoms with Crippen LogP contribution in [0.1, 0.15) is 52.0 Å². The van der Waals surface area contributed by atoms with Gasteiger partial charge in [0.05, 0.1) is 11.4 Å². The Morgan fingerprint density at radius 3 is 2.14 bits per heavy atom. The van der Waals surface area contributed by atoms with Gasteiger partial charge in [-0.1, -0.05) is 45.7 Å². The molecule has 1 N–H and O–H groups in total. The molecule has 0 aromatic heterocycles. The van der Waals surface area contributed by atoms with E-state index in [0.717, 1.165) is 18.4 Å². The maximum atomic E-state index is 12.9. The largest absolute Gasteiger partial charge is 0.352 e. The van der Waals surface area contributed by atoms with Crippen molar-refractivity contribution < 1.29 is 13.2 Å². The van der Waals surface area contributed by atoms with Crippen molar-refractivity contribution in [3.05, 3.63) is 29.8 Å². The van der Waals surface area contributed by atoms with E-state index < -0.39 is 10.0 Å². The first-order valence-corrected chi connectivity index (χ1v) is 11.7. The van der Waals surface area contributed by atoms with Crippen LogP contribution < -0.4 is 5.32 Å². The summed E-state index contributed by atoms with van der Waals surface area (Å²) in [5.74, 6) is 0.0565. The first-order valence-electron chi connectivity index (χ1n) is 10.3. The van der Waals surface area contributed by atoms with E-state index in [1.165, 1.54) is 17.1 Å². The molecule has 1 saturated carbocycles. The minimum atomic E-state index is -3.49. The number of hydrogen-bond acceptors (Lipinski definition) is 4. The molecule has 0 bridgehead atoms. The summed E-state index contributed by atoms with van der Waals surface area (Å²) in [6.45, 7) is 8.68. The van der Waals surface area contributed by atoms with E-state index in [1.807, 2.05) is 17.0 Å². The first kappa shape index (κ1) is 21.3. The molecule has 1 aromatic rings. The zero-order chi connectivity index (χ0) is 20.4. The van der Waals surface area contributed by atoms with E-state index in [-0.39, 0.29) is 11.3 Å². The van der Waals surface area contributed by atoms with Crippen molar-refractivity contribution in [2.45, 2.75) is 62.8 Å². The van der Waals surface area contributed by atoms with Crippen LogP contribution in [0.15, 0.2) is 29.2 Å². The van der Waals surface area contributed by atoms with Crippen LogP contribution in [0.2, 0.25) is 0 Å². The van der Waals surface area contributed by atoms with E-state index in [1.54, 1.807) is 12.1 Å². The highest BCUT2D eigenvalue weighted by molar-refractivity contribution is 7.89. The molecule has 6 nitrogen and oxygen atoms in total. The molecule has 1 aliphatic carbocycles. The van der Waals surface area contributed by atoms with Gasteiger partial charge in [-0.2, -0.15) is 4.31 Å². The molecule has 156 valence electrons. The van der Waals surface area contributed by atoms with Gasteiger partial charge in [-0.25, -0.2) is 8.42 Å². The van der Waals surface area contributed by atoms with Gasteiger partial charge >= 0.3 is 0 Å². The minimum Gasteiger partial charge on any atom is -0.352 e. The third kappa shape index (κ3) is 5.13. The van der Waals surface area contributed by atoms with Crippen LogP contribution in [0.5, 0.6) is 0 Å². The van der Waals surface area contributed by atoms with Crippen LogP contribution in [0, 0.1) is 0 Å². The fraction of sp³-hybridized carbons (Fsp3) is 0.667. The summed E-state index contributed by atoms with van der Waals surface area (Å²) in [6, 6.07) is 7.53. The number of nitrogens with zero attached hydrogens (tertiary/aromatic N) is 2. The molecule has 2 fully saturated rings. The SMILES string of the molecule is CC(C)(C)c1ccc(S(=O)(=O)N2CCN(CC(=O)NC3CCCC3)CC2)cc1. The van der Waals surface area contributed by atoms with Crippen molar-refractivity contribution in [3.8, 4) is 0 Å². The highest BCUT2D eigenvalue weighted by atomic mass is 32.2. The highest BCUT2D eigenvalue weighted by Gasteiger charge is 2.29. The van der Waals surface area contributed by atoms with Crippen LogP contribution >= 0.6 is 0 Å². The van der Waals surface area contributed by atoms with Gasteiger partial charge in [0, 0.05) is 32.2 Å². The minimum absolute atomic E-state index is 0.00696. The van der Waals surface area contributed by atoms with E-state index in [2.05, 4.69) is 26.1 Å². The number of carbonyl (C=O) groups excluding carboxylic acids is 1. The van der Waals surface area contributed by atoms with Crippen molar-refractivity contribution in [2.24, 2.45) is 0 Å². The zero-order valence-corrected chi connectivity index (χ0v) is 18.1.